The van der Waals surface area contributed by atoms with Gasteiger partial charge in [-0.15, -0.1) is 5.10 Å². The van der Waals surface area contributed by atoms with E-state index in [0.29, 0.717) is 17.3 Å². The zero-order valence-corrected chi connectivity index (χ0v) is 17.1. The van der Waals surface area contributed by atoms with Crippen molar-refractivity contribution in [2.24, 2.45) is 0 Å². The van der Waals surface area contributed by atoms with Gasteiger partial charge in [-0.2, -0.15) is 0 Å². The number of nitrogens with one attached hydrogen (secondary N) is 1. The molecule has 1 N–H and O–H groups in total. The Morgan fingerprint density at radius 2 is 1.73 bits per heavy atom. The van der Waals surface area contributed by atoms with Crippen LogP contribution in [0.1, 0.15) is 21.7 Å². The number of methoxy groups -OCH3 is 1. The van der Waals surface area contributed by atoms with E-state index >= 15 is 0 Å². The summed E-state index contributed by atoms with van der Waals surface area (Å²) in [5.74, 6) is 0.979. The predicted molar refractivity (Wildman–Crippen MR) is 117 cm³/mol. The van der Waals surface area contributed by atoms with Gasteiger partial charge in [-0.25, -0.2) is 9.67 Å². The summed E-state index contributed by atoms with van der Waals surface area (Å²) in [6.45, 7) is 4.04. The molecule has 3 aromatic carbocycles. The number of hydrogen-bond donors (Lipinski definition) is 1. The molecule has 0 saturated carbocycles. The fourth-order valence-electron chi connectivity index (χ4n) is 3.15. The summed E-state index contributed by atoms with van der Waals surface area (Å²) in [6.07, 6.45) is 0. The van der Waals surface area contributed by atoms with E-state index in [1.54, 1.807) is 23.9 Å². The van der Waals surface area contributed by atoms with Crippen LogP contribution in [0, 0.1) is 13.8 Å². The van der Waals surface area contributed by atoms with Gasteiger partial charge in [0.25, 0.3) is 5.91 Å². The lowest BCUT2D eigenvalue weighted by atomic mass is 10.1. The third kappa shape index (κ3) is 3.93. The van der Waals surface area contributed by atoms with E-state index in [-0.39, 0.29) is 11.7 Å². The molecule has 1 amide bonds. The lowest BCUT2D eigenvalue weighted by Gasteiger charge is -2.09. The molecule has 30 heavy (non-hydrogen) atoms. The van der Waals surface area contributed by atoms with Gasteiger partial charge < -0.3 is 10.1 Å². The first-order valence-electron chi connectivity index (χ1n) is 9.60. The van der Waals surface area contributed by atoms with E-state index in [0.717, 1.165) is 22.4 Å². The zero-order chi connectivity index (χ0) is 21.1. The first kappa shape index (κ1) is 19.4. The normalized spacial score (nSPS) is 10.6. The van der Waals surface area contributed by atoms with Crippen LogP contribution in [0.15, 0.2) is 72.8 Å². The molecule has 0 saturated heterocycles. The molecular formula is C24H22N4O2. The van der Waals surface area contributed by atoms with Crippen LogP contribution < -0.4 is 10.1 Å². The molecule has 150 valence electrons. The number of nitrogens with zero attached hydrogens (tertiary/aromatic N) is 3. The third-order valence-electron chi connectivity index (χ3n) is 4.79. The molecule has 0 unspecified atom stereocenters. The molecule has 4 aromatic rings. The number of benzene rings is 3. The highest BCUT2D eigenvalue weighted by Crippen LogP contribution is 2.24. The van der Waals surface area contributed by atoms with Crippen molar-refractivity contribution in [2.75, 3.05) is 12.4 Å². The molecule has 0 spiro atoms. The average Bonchev–Trinajstić information content (AvgIpc) is 3.20. The molecule has 0 aliphatic carbocycles. The minimum Gasteiger partial charge on any atom is -0.497 e. The number of amides is 1. The number of anilines is 1. The van der Waals surface area contributed by atoms with Crippen molar-refractivity contribution in [1.82, 2.24) is 14.8 Å². The number of para-hydroxylation sites is 1. The standard InChI is InChI=1S/C24H22N4O2/c1-16-11-13-18(14-12-16)23-26-22(27-28(23)21-10-5-4-7-17(21)2)24(29)25-19-8-6-9-20(15-19)30-3/h4-15H,1-3H3,(H,25,29). The highest BCUT2D eigenvalue weighted by atomic mass is 16.5. The molecule has 1 heterocycles. The Morgan fingerprint density at radius 3 is 2.47 bits per heavy atom. The molecule has 0 aliphatic heterocycles. The Morgan fingerprint density at radius 1 is 0.967 bits per heavy atom. The first-order chi connectivity index (χ1) is 14.5. The van der Waals surface area contributed by atoms with Crippen LogP contribution in [0.4, 0.5) is 5.69 Å². The van der Waals surface area contributed by atoms with E-state index in [1.165, 1.54) is 0 Å². The maximum absolute atomic E-state index is 12.9. The smallest absolute Gasteiger partial charge is 0.295 e. The zero-order valence-electron chi connectivity index (χ0n) is 17.1. The number of hydrogen-bond acceptors (Lipinski definition) is 4. The summed E-state index contributed by atoms with van der Waals surface area (Å²) in [5.41, 5.74) is 4.56. The number of aromatic nitrogens is 3. The number of rotatable bonds is 5. The van der Waals surface area contributed by atoms with Gasteiger partial charge in [0.2, 0.25) is 5.82 Å². The van der Waals surface area contributed by atoms with E-state index in [9.17, 15) is 4.79 Å². The van der Waals surface area contributed by atoms with E-state index in [4.69, 9.17) is 4.74 Å². The number of carbonyl (C=O) groups is 1. The summed E-state index contributed by atoms with van der Waals surface area (Å²) in [5, 5.41) is 7.38. The molecule has 0 aliphatic rings. The van der Waals surface area contributed by atoms with Crippen molar-refractivity contribution in [3.8, 4) is 22.8 Å². The SMILES string of the molecule is COc1cccc(NC(=O)c2nc(-c3ccc(C)cc3)n(-c3ccccc3C)n2)c1. The Bertz CT molecular complexity index is 1200. The van der Waals surface area contributed by atoms with E-state index < -0.39 is 0 Å². The topological polar surface area (TPSA) is 69.0 Å². The lowest BCUT2D eigenvalue weighted by molar-refractivity contribution is 0.101. The largest absolute Gasteiger partial charge is 0.497 e. The van der Waals surface area contributed by atoms with Gasteiger partial charge >= 0.3 is 0 Å². The first-order valence-corrected chi connectivity index (χ1v) is 9.60. The van der Waals surface area contributed by atoms with Gasteiger partial charge in [0.15, 0.2) is 5.82 Å². The van der Waals surface area contributed by atoms with Crippen LogP contribution in [0.25, 0.3) is 17.1 Å². The molecule has 0 atom stereocenters. The van der Waals surface area contributed by atoms with Gasteiger partial charge in [-0.05, 0) is 37.6 Å². The lowest BCUT2D eigenvalue weighted by Crippen LogP contribution is -2.14. The minimum absolute atomic E-state index is 0.0941. The fraction of sp³-hybridized carbons (Fsp3) is 0.125. The van der Waals surface area contributed by atoms with Crippen LogP contribution >= 0.6 is 0 Å². The molecular weight excluding hydrogens is 376 g/mol. The van der Waals surface area contributed by atoms with Crippen LogP contribution in [0.3, 0.4) is 0 Å². The Labute approximate surface area is 175 Å². The second-order valence-electron chi connectivity index (χ2n) is 7.01. The van der Waals surface area contributed by atoms with Crippen molar-refractivity contribution >= 4 is 11.6 Å². The average molecular weight is 398 g/mol. The summed E-state index contributed by atoms with van der Waals surface area (Å²) in [4.78, 5) is 17.5. The number of ether oxygens (including phenoxy) is 1. The van der Waals surface area contributed by atoms with Crippen molar-refractivity contribution < 1.29 is 9.53 Å². The van der Waals surface area contributed by atoms with Gasteiger partial charge in [0, 0.05) is 17.3 Å². The second kappa shape index (κ2) is 8.21. The van der Waals surface area contributed by atoms with E-state index in [1.807, 2.05) is 74.5 Å². The second-order valence-corrected chi connectivity index (χ2v) is 7.01. The Hall–Kier alpha value is -3.93. The molecule has 0 bridgehead atoms. The summed E-state index contributed by atoms with van der Waals surface area (Å²) in [6, 6.07) is 23.0. The maximum atomic E-state index is 12.9. The van der Waals surface area contributed by atoms with Crippen LogP contribution in [-0.2, 0) is 0 Å². The minimum atomic E-state index is -0.385. The highest BCUT2D eigenvalue weighted by Gasteiger charge is 2.20. The van der Waals surface area contributed by atoms with Crippen molar-refractivity contribution in [2.45, 2.75) is 13.8 Å². The summed E-state index contributed by atoms with van der Waals surface area (Å²) in [7, 11) is 1.58. The predicted octanol–water partition coefficient (Wildman–Crippen LogP) is 4.81. The highest BCUT2D eigenvalue weighted by molar-refractivity contribution is 6.02. The molecule has 6 nitrogen and oxygen atoms in total. The molecule has 4 rings (SSSR count). The molecule has 1 aromatic heterocycles. The van der Waals surface area contributed by atoms with Crippen LogP contribution in [0.2, 0.25) is 0 Å². The fourth-order valence-corrected chi connectivity index (χ4v) is 3.15. The quantitative estimate of drug-likeness (QED) is 0.524. The molecule has 0 fully saturated rings. The van der Waals surface area contributed by atoms with Gasteiger partial charge in [-0.3, -0.25) is 4.79 Å². The summed E-state index contributed by atoms with van der Waals surface area (Å²) < 4.78 is 6.94. The van der Waals surface area contributed by atoms with Crippen molar-refractivity contribution in [1.29, 1.82) is 0 Å². The van der Waals surface area contributed by atoms with Crippen molar-refractivity contribution in [3.05, 3.63) is 89.7 Å². The molecule has 6 heteroatoms. The number of carbonyl (C=O) groups excluding carboxylic acids is 1. The van der Waals surface area contributed by atoms with Crippen molar-refractivity contribution in [3.63, 3.8) is 0 Å². The molecule has 0 radical (unpaired) electrons. The van der Waals surface area contributed by atoms with Crippen LogP contribution in [0.5, 0.6) is 5.75 Å². The van der Waals surface area contributed by atoms with Gasteiger partial charge in [-0.1, -0.05) is 54.1 Å². The maximum Gasteiger partial charge on any atom is 0.295 e. The van der Waals surface area contributed by atoms with Gasteiger partial charge in [0.05, 0.1) is 12.8 Å². The third-order valence-corrected chi connectivity index (χ3v) is 4.79. The van der Waals surface area contributed by atoms with Crippen LogP contribution in [-0.4, -0.2) is 27.8 Å². The Balaban J connectivity index is 1.75. The summed E-state index contributed by atoms with van der Waals surface area (Å²) >= 11 is 0. The number of aryl methyl sites for hydroxylation is 2. The van der Waals surface area contributed by atoms with Gasteiger partial charge in [0.1, 0.15) is 5.75 Å². The Kier molecular flexibility index (Phi) is 5.30. The monoisotopic (exact) mass is 398 g/mol. The van der Waals surface area contributed by atoms with E-state index in [2.05, 4.69) is 15.4 Å².